The van der Waals surface area contributed by atoms with Crippen molar-refractivity contribution in [1.82, 2.24) is 9.80 Å². The van der Waals surface area contributed by atoms with E-state index in [1.54, 1.807) is 24.3 Å². The van der Waals surface area contributed by atoms with Crippen LogP contribution in [0.15, 0.2) is 114 Å². The molecule has 3 atom stereocenters. The van der Waals surface area contributed by atoms with Crippen molar-refractivity contribution in [1.29, 1.82) is 0 Å². The van der Waals surface area contributed by atoms with Crippen molar-refractivity contribution in [2.75, 3.05) is 26.2 Å². The van der Waals surface area contributed by atoms with E-state index in [1.165, 1.54) is 35.4 Å². The standard InChI is InChI=1S/C19H22FNO.C13H17NO.C6H4BrF.H2O/c1-15-13-21(14-16-5-3-2-4-6-16)12-11-19(15,22)17-7-9-18(20)10-8-17;1-11-9-14(8-7-13(11)15)10-12-5-3-2-4-6-12;7-5-1-3-6(8)4-2-5;/h2-10,15,22H,11-14H2,1H3;2-6,11H,7-10H2,1H3;1-4H;1H2. The summed E-state index contributed by atoms with van der Waals surface area (Å²) in [4.78, 5) is 16.1. The van der Waals surface area contributed by atoms with Gasteiger partial charge in [0.25, 0.3) is 0 Å². The summed E-state index contributed by atoms with van der Waals surface area (Å²) in [6.07, 6.45) is 1.39. The molecule has 4 aromatic rings. The van der Waals surface area contributed by atoms with Crippen LogP contribution in [0.1, 0.15) is 43.4 Å². The zero-order valence-electron chi connectivity index (χ0n) is 26.6. The van der Waals surface area contributed by atoms with E-state index >= 15 is 0 Å². The first-order chi connectivity index (χ1) is 21.6. The van der Waals surface area contributed by atoms with Crippen molar-refractivity contribution in [3.63, 3.8) is 0 Å². The lowest BCUT2D eigenvalue weighted by atomic mass is 9.77. The van der Waals surface area contributed by atoms with Gasteiger partial charge in [-0.3, -0.25) is 14.6 Å². The van der Waals surface area contributed by atoms with Crippen LogP contribution < -0.4 is 0 Å². The molecule has 3 unspecified atom stereocenters. The second-order valence-electron chi connectivity index (χ2n) is 12.1. The second-order valence-corrected chi connectivity index (χ2v) is 13.0. The Balaban J connectivity index is 0.000000207. The van der Waals surface area contributed by atoms with Crippen LogP contribution in [0.4, 0.5) is 8.78 Å². The van der Waals surface area contributed by atoms with Crippen LogP contribution in [0.5, 0.6) is 0 Å². The zero-order valence-corrected chi connectivity index (χ0v) is 28.2. The van der Waals surface area contributed by atoms with Gasteiger partial charge in [0, 0.05) is 62.0 Å². The van der Waals surface area contributed by atoms with Crippen molar-refractivity contribution in [3.05, 3.63) is 142 Å². The van der Waals surface area contributed by atoms with E-state index in [4.69, 9.17) is 0 Å². The molecule has 0 radical (unpaired) electrons. The van der Waals surface area contributed by atoms with Crippen LogP contribution in [-0.4, -0.2) is 52.3 Å². The second kappa shape index (κ2) is 18.2. The predicted molar refractivity (Wildman–Crippen MR) is 184 cm³/mol. The highest BCUT2D eigenvalue weighted by Gasteiger charge is 2.40. The fourth-order valence-electron chi connectivity index (χ4n) is 5.87. The van der Waals surface area contributed by atoms with E-state index in [-0.39, 0.29) is 28.9 Å². The molecule has 2 fully saturated rings. The highest BCUT2D eigenvalue weighted by molar-refractivity contribution is 9.10. The molecule has 2 aliphatic rings. The molecule has 5 nitrogen and oxygen atoms in total. The Morgan fingerprint density at radius 2 is 1.22 bits per heavy atom. The lowest BCUT2D eigenvalue weighted by Crippen LogP contribution is -2.48. The van der Waals surface area contributed by atoms with Crippen molar-refractivity contribution < 1.29 is 24.2 Å². The van der Waals surface area contributed by atoms with Gasteiger partial charge >= 0.3 is 0 Å². The van der Waals surface area contributed by atoms with Gasteiger partial charge in [0.2, 0.25) is 0 Å². The van der Waals surface area contributed by atoms with Crippen LogP contribution in [0.3, 0.4) is 0 Å². The molecular weight excluding hydrogens is 650 g/mol. The molecule has 4 aromatic carbocycles. The smallest absolute Gasteiger partial charge is 0.138 e. The molecule has 0 saturated carbocycles. The van der Waals surface area contributed by atoms with Gasteiger partial charge in [-0.2, -0.15) is 0 Å². The molecule has 2 aliphatic heterocycles. The zero-order chi connectivity index (χ0) is 32.2. The molecular formula is C38H45BrF2N2O3. The Kier molecular flexibility index (Phi) is 14.7. The number of hydrogen-bond donors (Lipinski definition) is 1. The third-order valence-corrected chi connectivity index (χ3v) is 9.09. The molecule has 2 heterocycles. The van der Waals surface area contributed by atoms with Crippen LogP contribution in [0.25, 0.3) is 0 Å². The quantitative estimate of drug-likeness (QED) is 0.236. The first-order valence-corrected chi connectivity index (χ1v) is 16.4. The Labute approximate surface area is 280 Å². The summed E-state index contributed by atoms with van der Waals surface area (Å²) in [7, 11) is 0. The summed E-state index contributed by atoms with van der Waals surface area (Å²) in [5.74, 6) is 0.270. The van der Waals surface area contributed by atoms with E-state index < -0.39 is 5.60 Å². The number of rotatable bonds is 5. The van der Waals surface area contributed by atoms with Crippen LogP contribution >= 0.6 is 15.9 Å². The Hall–Kier alpha value is -3.27. The number of carbonyl (C=O) groups is 1. The molecule has 0 spiro atoms. The van der Waals surface area contributed by atoms with E-state index in [2.05, 4.69) is 81.2 Å². The summed E-state index contributed by atoms with van der Waals surface area (Å²) >= 11 is 3.18. The Bertz CT molecular complexity index is 1440. The van der Waals surface area contributed by atoms with Crippen LogP contribution in [0, 0.1) is 23.5 Å². The largest absolute Gasteiger partial charge is 0.412 e. The van der Waals surface area contributed by atoms with Crippen LogP contribution in [0.2, 0.25) is 0 Å². The molecule has 0 bridgehead atoms. The lowest BCUT2D eigenvalue weighted by Gasteiger charge is -2.43. The van der Waals surface area contributed by atoms with Gasteiger partial charge in [-0.25, -0.2) is 8.78 Å². The minimum Gasteiger partial charge on any atom is -0.412 e. The number of ketones is 1. The van der Waals surface area contributed by atoms with Gasteiger partial charge in [0.05, 0.1) is 5.60 Å². The number of carbonyl (C=O) groups excluding carboxylic acids is 1. The third kappa shape index (κ3) is 11.2. The molecule has 8 heteroatoms. The highest BCUT2D eigenvalue weighted by Crippen LogP contribution is 2.37. The van der Waals surface area contributed by atoms with Crippen molar-refractivity contribution in [2.24, 2.45) is 11.8 Å². The normalized spacial score (nSPS) is 21.6. The minimum atomic E-state index is -0.860. The molecule has 0 aliphatic carbocycles. The van der Waals surface area contributed by atoms with Crippen LogP contribution in [-0.2, 0) is 23.5 Å². The maximum atomic E-state index is 13.1. The maximum absolute atomic E-state index is 13.1. The summed E-state index contributed by atoms with van der Waals surface area (Å²) < 4.78 is 26.1. The fourth-order valence-corrected chi connectivity index (χ4v) is 6.13. The van der Waals surface area contributed by atoms with Gasteiger partial charge in [-0.15, -0.1) is 0 Å². The first-order valence-electron chi connectivity index (χ1n) is 15.6. The summed E-state index contributed by atoms with van der Waals surface area (Å²) in [5.41, 5.74) is 2.59. The van der Waals surface area contributed by atoms with Crippen molar-refractivity contribution in [3.8, 4) is 0 Å². The number of aliphatic hydroxyl groups is 1. The van der Waals surface area contributed by atoms with Gasteiger partial charge in [0.1, 0.15) is 17.4 Å². The maximum Gasteiger partial charge on any atom is 0.138 e. The molecule has 0 aromatic heterocycles. The molecule has 246 valence electrons. The van der Waals surface area contributed by atoms with Crippen molar-refractivity contribution >= 4 is 21.7 Å². The number of halogens is 3. The number of likely N-dealkylation sites (tertiary alicyclic amines) is 2. The number of nitrogens with zero attached hydrogens (tertiary/aromatic N) is 2. The molecule has 46 heavy (non-hydrogen) atoms. The van der Waals surface area contributed by atoms with Gasteiger partial charge in [0.15, 0.2) is 0 Å². The Morgan fingerprint density at radius 3 is 1.67 bits per heavy atom. The SMILES string of the molecule is CC1CN(Cc2ccccc2)CCC1(O)c1ccc(F)cc1.CC1CN(Cc2ccccc2)CCC1=O.Fc1ccc(Br)cc1.O. The first kappa shape index (κ1) is 37.2. The Morgan fingerprint density at radius 1 is 0.739 bits per heavy atom. The molecule has 3 N–H and O–H groups in total. The number of hydrogen-bond acceptors (Lipinski definition) is 4. The van der Waals surface area contributed by atoms with Gasteiger partial charge in [-0.05, 0) is 59.5 Å². The van der Waals surface area contributed by atoms with Gasteiger partial charge in [-0.1, -0.05) is 103 Å². The monoisotopic (exact) mass is 694 g/mol. The lowest BCUT2D eigenvalue weighted by molar-refractivity contribution is -0.125. The average molecular weight is 696 g/mol. The summed E-state index contributed by atoms with van der Waals surface area (Å²) in [6.45, 7) is 9.48. The molecule has 6 rings (SSSR count). The molecule has 0 amide bonds. The van der Waals surface area contributed by atoms with Gasteiger partial charge < -0.3 is 10.6 Å². The highest BCUT2D eigenvalue weighted by atomic mass is 79.9. The summed E-state index contributed by atoms with van der Waals surface area (Å²) in [6, 6.07) is 33.2. The van der Waals surface area contributed by atoms with E-state index in [1.807, 2.05) is 19.1 Å². The number of Topliss-reactive ketones (excluding diaryl/α,β-unsaturated/α-hetero) is 1. The topological polar surface area (TPSA) is 75.3 Å². The molecule has 2 saturated heterocycles. The number of benzene rings is 4. The number of piperidine rings is 2. The summed E-state index contributed by atoms with van der Waals surface area (Å²) in [5, 5.41) is 11.0. The third-order valence-electron chi connectivity index (χ3n) is 8.56. The fraction of sp³-hybridized carbons (Fsp3) is 0.342. The van der Waals surface area contributed by atoms with E-state index in [0.717, 1.165) is 49.3 Å². The minimum absolute atomic E-state index is 0. The van der Waals surface area contributed by atoms with E-state index in [9.17, 15) is 18.7 Å². The average Bonchev–Trinajstić information content (AvgIpc) is 3.04. The van der Waals surface area contributed by atoms with Crippen molar-refractivity contribution in [2.45, 2.75) is 45.4 Å². The van der Waals surface area contributed by atoms with E-state index in [0.29, 0.717) is 18.6 Å². The predicted octanol–water partition coefficient (Wildman–Crippen LogP) is 7.42.